The number of anilines is 2. The van der Waals surface area contributed by atoms with Gasteiger partial charge in [0.25, 0.3) is 0 Å². The first-order valence-corrected chi connectivity index (χ1v) is 13.1. The smallest absolute Gasteiger partial charge is 0.246 e. The molecule has 35 heavy (non-hydrogen) atoms. The molecule has 3 aromatic rings. The number of benzene rings is 2. The molecule has 1 saturated heterocycles. The van der Waals surface area contributed by atoms with Crippen molar-refractivity contribution in [1.29, 1.82) is 0 Å². The van der Waals surface area contributed by atoms with E-state index in [0.717, 1.165) is 34.1 Å². The molecule has 2 aromatic carbocycles. The van der Waals surface area contributed by atoms with Crippen molar-refractivity contribution in [3.05, 3.63) is 76.3 Å². The third-order valence-corrected chi connectivity index (χ3v) is 7.78. The van der Waals surface area contributed by atoms with Crippen LogP contribution in [0.4, 0.5) is 10.8 Å². The van der Waals surface area contributed by atoms with Crippen molar-refractivity contribution in [1.82, 2.24) is 15.2 Å². The lowest BCUT2D eigenvalue weighted by Crippen LogP contribution is -2.65. The van der Waals surface area contributed by atoms with Gasteiger partial charge in [-0.1, -0.05) is 50.2 Å². The van der Waals surface area contributed by atoms with E-state index in [0.29, 0.717) is 18.9 Å². The number of amides is 2. The minimum absolute atomic E-state index is 0.0308. The Kier molecular flexibility index (Phi) is 6.60. The van der Waals surface area contributed by atoms with Gasteiger partial charge in [0, 0.05) is 23.3 Å². The molecule has 7 heteroatoms. The molecule has 2 N–H and O–H groups in total. The highest BCUT2D eigenvalue weighted by atomic mass is 32.1. The summed E-state index contributed by atoms with van der Waals surface area (Å²) in [6.45, 7) is 6.64. The number of rotatable bonds is 7. The van der Waals surface area contributed by atoms with Crippen LogP contribution in [0.25, 0.3) is 0 Å². The maximum absolute atomic E-state index is 13.8. The quantitative estimate of drug-likeness (QED) is 0.499. The van der Waals surface area contributed by atoms with Gasteiger partial charge >= 0.3 is 0 Å². The van der Waals surface area contributed by atoms with Crippen molar-refractivity contribution in [2.45, 2.75) is 58.7 Å². The first-order chi connectivity index (χ1) is 16.9. The molecule has 1 fully saturated rings. The van der Waals surface area contributed by atoms with Crippen molar-refractivity contribution in [2.75, 3.05) is 5.32 Å². The summed E-state index contributed by atoms with van der Waals surface area (Å²) in [5.74, 6) is 0.409. The lowest BCUT2D eigenvalue weighted by molar-refractivity contribution is -0.152. The zero-order chi connectivity index (χ0) is 24.5. The van der Waals surface area contributed by atoms with E-state index < -0.39 is 12.1 Å². The maximum atomic E-state index is 13.8. The van der Waals surface area contributed by atoms with Gasteiger partial charge in [-0.2, -0.15) is 0 Å². The number of nitrogens with zero attached hydrogens (tertiary/aromatic N) is 2. The maximum Gasteiger partial charge on any atom is 0.246 e. The van der Waals surface area contributed by atoms with Crippen LogP contribution in [-0.2, 0) is 29.0 Å². The summed E-state index contributed by atoms with van der Waals surface area (Å²) < 4.78 is 0. The summed E-state index contributed by atoms with van der Waals surface area (Å²) in [5.41, 5.74) is 4.53. The second kappa shape index (κ2) is 9.82. The number of carbonyl (C=O) groups excluding carboxylic acids is 2. The highest BCUT2D eigenvalue weighted by Crippen LogP contribution is 2.32. The molecule has 0 saturated carbocycles. The van der Waals surface area contributed by atoms with Crippen molar-refractivity contribution in [3.63, 3.8) is 0 Å². The first-order valence-electron chi connectivity index (χ1n) is 12.3. The zero-order valence-electron chi connectivity index (χ0n) is 20.5. The van der Waals surface area contributed by atoms with Gasteiger partial charge in [-0.3, -0.25) is 9.59 Å². The third kappa shape index (κ3) is 5.10. The number of nitrogens with one attached hydrogen (secondary N) is 2. The van der Waals surface area contributed by atoms with Crippen LogP contribution < -0.4 is 10.6 Å². The predicted molar refractivity (Wildman–Crippen MR) is 140 cm³/mol. The van der Waals surface area contributed by atoms with Gasteiger partial charge in [0.1, 0.15) is 12.1 Å². The summed E-state index contributed by atoms with van der Waals surface area (Å²) in [4.78, 5) is 34.4. The molecule has 182 valence electrons. The Labute approximate surface area is 210 Å². The summed E-state index contributed by atoms with van der Waals surface area (Å²) >= 11 is 1.61. The van der Waals surface area contributed by atoms with Crippen molar-refractivity contribution < 1.29 is 9.59 Å². The van der Waals surface area contributed by atoms with Gasteiger partial charge < -0.3 is 15.5 Å². The molecular weight excluding hydrogens is 456 g/mol. The summed E-state index contributed by atoms with van der Waals surface area (Å²) in [5, 5.41) is 7.29. The number of piperazine rings is 1. The molecule has 2 aliphatic rings. The van der Waals surface area contributed by atoms with Gasteiger partial charge in [-0.15, -0.1) is 11.3 Å². The van der Waals surface area contributed by atoms with E-state index in [2.05, 4.69) is 41.6 Å². The predicted octanol–water partition coefficient (Wildman–Crippen LogP) is 4.85. The molecular formula is C28H32N4O2S. The molecule has 2 atom stereocenters. The molecule has 0 radical (unpaired) electrons. The van der Waals surface area contributed by atoms with Crippen LogP contribution in [0.3, 0.4) is 0 Å². The van der Waals surface area contributed by atoms with Gasteiger partial charge in [-0.25, -0.2) is 4.98 Å². The molecule has 1 aromatic heterocycles. The number of hydrogen-bond acceptors (Lipinski definition) is 5. The number of aryl methyl sites for hydroxylation is 1. The largest absolute Gasteiger partial charge is 0.342 e. The van der Waals surface area contributed by atoms with E-state index in [9.17, 15) is 9.59 Å². The Balaban J connectivity index is 1.34. The monoisotopic (exact) mass is 488 g/mol. The molecule has 6 nitrogen and oxygen atoms in total. The standard InChI is InChI=1S/C28H32N4O2S/c1-17(2)12-24-26(33)31-25(22-13-20-6-4-5-7-21(20)14-22)27(34)32(24)16-19-8-10-23(11-9-19)30-28-29-15-18(3)35-28/h4-11,15,17,22,24-25H,12-14,16H2,1-3H3,(H,29,30)(H,31,33)/t24-,25-/m1/s1. The number of hydrogen-bond donors (Lipinski definition) is 2. The zero-order valence-corrected chi connectivity index (χ0v) is 21.3. The molecule has 0 spiro atoms. The Morgan fingerprint density at radius 3 is 2.37 bits per heavy atom. The van der Waals surface area contributed by atoms with Gasteiger partial charge in [0.05, 0.1) is 0 Å². The molecule has 5 rings (SSSR count). The SMILES string of the molecule is Cc1cnc(Nc2ccc(CN3C(=O)[C@@H](C4Cc5ccccc5C4)NC(=O)[C@H]3CC(C)C)cc2)s1. The molecule has 2 heterocycles. The van der Waals surface area contributed by atoms with Gasteiger partial charge in [-0.05, 0) is 66.8 Å². The molecule has 1 aliphatic carbocycles. The molecule has 0 bridgehead atoms. The Bertz CT molecular complexity index is 1190. The van der Waals surface area contributed by atoms with Crippen LogP contribution in [0.15, 0.2) is 54.7 Å². The van der Waals surface area contributed by atoms with Crippen LogP contribution in [0.2, 0.25) is 0 Å². The number of aromatic nitrogens is 1. The second-order valence-electron chi connectivity index (χ2n) is 10.1. The lowest BCUT2D eigenvalue weighted by Gasteiger charge is -2.41. The highest BCUT2D eigenvalue weighted by molar-refractivity contribution is 7.15. The minimum atomic E-state index is -0.479. The fourth-order valence-electron chi connectivity index (χ4n) is 5.23. The second-order valence-corrected chi connectivity index (χ2v) is 11.4. The number of fused-ring (bicyclic) bond motifs is 1. The van der Waals surface area contributed by atoms with E-state index in [1.807, 2.05) is 54.4 Å². The first kappa shape index (κ1) is 23.5. The van der Waals surface area contributed by atoms with Crippen molar-refractivity contribution >= 4 is 34.0 Å². The molecule has 0 unspecified atom stereocenters. The van der Waals surface area contributed by atoms with Gasteiger partial charge in [0.2, 0.25) is 11.8 Å². The topological polar surface area (TPSA) is 74.3 Å². The van der Waals surface area contributed by atoms with Crippen LogP contribution in [0, 0.1) is 18.8 Å². The molecule has 1 aliphatic heterocycles. The van der Waals surface area contributed by atoms with E-state index in [-0.39, 0.29) is 17.7 Å². The normalized spacial score (nSPS) is 20.3. The fraction of sp³-hybridized carbons (Fsp3) is 0.393. The summed E-state index contributed by atoms with van der Waals surface area (Å²) in [6, 6.07) is 15.5. The van der Waals surface area contributed by atoms with Crippen LogP contribution >= 0.6 is 11.3 Å². The van der Waals surface area contributed by atoms with Gasteiger partial charge in [0.15, 0.2) is 5.13 Å². The van der Waals surface area contributed by atoms with E-state index >= 15 is 0 Å². The molecule has 2 amide bonds. The average molecular weight is 489 g/mol. The average Bonchev–Trinajstić information content (AvgIpc) is 3.45. The van der Waals surface area contributed by atoms with Crippen LogP contribution in [-0.4, -0.2) is 33.8 Å². The summed E-state index contributed by atoms with van der Waals surface area (Å²) in [6.07, 6.45) is 4.15. The number of thiazole rings is 1. The highest BCUT2D eigenvalue weighted by Gasteiger charge is 2.45. The van der Waals surface area contributed by atoms with Crippen LogP contribution in [0.5, 0.6) is 0 Å². The number of carbonyl (C=O) groups is 2. The van der Waals surface area contributed by atoms with Crippen molar-refractivity contribution in [2.24, 2.45) is 11.8 Å². The minimum Gasteiger partial charge on any atom is -0.342 e. The van der Waals surface area contributed by atoms with E-state index in [1.54, 1.807) is 11.3 Å². The van der Waals surface area contributed by atoms with Crippen LogP contribution in [0.1, 0.15) is 41.8 Å². The Morgan fingerprint density at radius 2 is 1.77 bits per heavy atom. The lowest BCUT2D eigenvalue weighted by atomic mass is 9.90. The Morgan fingerprint density at radius 1 is 1.09 bits per heavy atom. The fourth-order valence-corrected chi connectivity index (χ4v) is 5.91. The van der Waals surface area contributed by atoms with Crippen molar-refractivity contribution in [3.8, 4) is 0 Å². The third-order valence-electron chi connectivity index (χ3n) is 6.95. The summed E-state index contributed by atoms with van der Waals surface area (Å²) in [7, 11) is 0. The Hall–Kier alpha value is -3.19. The van der Waals surface area contributed by atoms with E-state index in [4.69, 9.17) is 0 Å². The van der Waals surface area contributed by atoms with E-state index in [1.165, 1.54) is 11.1 Å².